The normalized spacial score (nSPS) is 27.4. The first-order chi connectivity index (χ1) is 8.57. The van der Waals surface area contributed by atoms with Gasteiger partial charge in [0.1, 0.15) is 0 Å². The molecule has 1 saturated carbocycles. The highest BCUT2D eigenvalue weighted by Crippen LogP contribution is 2.37. The highest BCUT2D eigenvalue weighted by atomic mass is 35.5. The zero-order valence-corrected chi connectivity index (χ0v) is 13.2. The Morgan fingerprint density at radius 1 is 1.21 bits per heavy atom. The Morgan fingerprint density at radius 2 is 1.89 bits per heavy atom. The molecule has 2 rings (SSSR count). The summed E-state index contributed by atoms with van der Waals surface area (Å²) in [6, 6.07) is 0.0683. The van der Waals surface area contributed by atoms with E-state index in [1.54, 1.807) is 0 Å². The summed E-state index contributed by atoms with van der Waals surface area (Å²) in [5.74, 6) is 0.921. The van der Waals surface area contributed by atoms with E-state index in [1.807, 2.05) is 0 Å². The number of halogens is 1. The molecule has 3 nitrogen and oxygen atoms in total. The van der Waals surface area contributed by atoms with Crippen molar-refractivity contribution in [3.8, 4) is 0 Å². The molecule has 1 aliphatic heterocycles. The van der Waals surface area contributed by atoms with Crippen molar-refractivity contribution in [3.63, 3.8) is 0 Å². The maximum Gasteiger partial charge on any atom is 0.237 e. The summed E-state index contributed by atoms with van der Waals surface area (Å²) in [5, 5.41) is 6.46. The number of rotatable bonds is 3. The molecule has 2 fully saturated rings. The molecule has 0 unspecified atom stereocenters. The first-order valence-corrected chi connectivity index (χ1v) is 7.58. The maximum absolute atomic E-state index is 12.0. The van der Waals surface area contributed by atoms with E-state index in [2.05, 4.69) is 24.5 Å². The molecule has 0 aromatic carbocycles. The fourth-order valence-corrected chi connectivity index (χ4v) is 3.11. The van der Waals surface area contributed by atoms with E-state index in [9.17, 15) is 4.79 Å². The van der Waals surface area contributed by atoms with Gasteiger partial charge in [-0.15, -0.1) is 12.4 Å². The topological polar surface area (TPSA) is 41.1 Å². The van der Waals surface area contributed by atoms with E-state index in [0.717, 1.165) is 19.5 Å². The van der Waals surface area contributed by atoms with E-state index >= 15 is 0 Å². The van der Waals surface area contributed by atoms with Crippen molar-refractivity contribution in [1.82, 2.24) is 10.6 Å². The number of amides is 1. The fourth-order valence-electron chi connectivity index (χ4n) is 3.11. The molecule has 112 valence electrons. The van der Waals surface area contributed by atoms with Gasteiger partial charge in [-0.25, -0.2) is 0 Å². The second-order valence-corrected chi connectivity index (χ2v) is 6.86. The van der Waals surface area contributed by atoms with Gasteiger partial charge >= 0.3 is 0 Å². The van der Waals surface area contributed by atoms with Gasteiger partial charge in [-0.05, 0) is 56.4 Å². The number of hydrogen-bond acceptors (Lipinski definition) is 2. The molecule has 2 N–H and O–H groups in total. The maximum atomic E-state index is 12.0. The number of hydrogen-bond donors (Lipinski definition) is 2. The number of carbonyl (C=O) groups excluding carboxylic acids is 1. The van der Waals surface area contributed by atoms with E-state index in [-0.39, 0.29) is 24.4 Å². The summed E-state index contributed by atoms with van der Waals surface area (Å²) < 4.78 is 0. The largest absolute Gasteiger partial charge is 0.354 e. The minimum absolute atomic E-state index is 0. The molecular weight excluding hydrogens is 260 g/mol. The van der Waals surface area contributed by atoms with E-state index in [1.165, 1.54) is 38.5 Å². The summed E-state index contributed by atoms with van der Waals surface area (Å²) in [6.45, 7) is 6.59. The summed E-state index contributed by atoms with van der Waals surface area (Å²) in [5.41, 5.74) is 0.519. The van der Waals surface area contributed by atoms with Crippen LogP contribution in [0, 0.1) is 11.3 Å². The second kappa shape index (κ2) is 7.49. The predicted octanol–water partition coefficient (Wildman–Crippen LogP) is 2.88. The molecule has 1 amide bonds. The van der Waals surface area contributed by atoms with Crippen LogP contribution in [0.25, 0.3) is 0 Å². The Balaban J connectivity index is 0.00000180. The first kappa shape index (κ1) is 16.8. The van der Waals surface area contributed by atoms with Crippen molar-refractivity contribution in [1.29, 1.82) is 0 Å². The molecule has 0 bridgehead atoms. The molecule has 4 heteroatoms. The molecule has 0 aromatic rings. The molecule has 19 heavy (non-hydrogen) atoms. The van der Waals surface area contributed by atoms with Crippen LogP contribution >= 0.6 is 12.4 Å². The highest BCUT2D eigenvalue weighted by molar-refractivity contribution is 5.85. The minimum Gasteiger partial charge on any atom is -0.354 e. The molecular formula is C15H29ClN2O. The molecule has 1 atom stereocenters. The van der Waals surface area contributed by atoms with Gasteiger partial charge < -0.3 is 10.6 Å². The Morgan fingerprint density at radius 3 is 2.47 bits per heavy atom. The van der Waals surface area contributed by atoms with Crippen LogP contribution in [0.3, 0.4) is 0 Å². The molecule has 1 heterocycles. The molecule has 0 aromatic heterocycles. The van der Waals surface area contributed by atoms with E-state index in [4.69, 9.17) is 0 Å². The lowest BCUT2D eigenvalue weighted by atomic mass is 9.73. The SMILES string of the molecule is CC1(C)CCC(CNC(=O)[C@H]2CCCCN2)CC1.Cl. The molecule has 0 spiro atoms. The minimum atomic E-state index is 0. The monoisotopic (exact) mass is 288 g/mol. The Labute approximate surface area is 123 Å². The van der Waals surface area contributed by atoms with Gasteiger partial charge in [0.2, 0.25) is 5.91 Å². The van der Waals surface area contributed by atoms with Crippen molar-refractivity contribution in [2.24, 2.45) is 11.3 Å². The Hall–Kier alpha value is -0.280. The average Bonchev–Trinajstić information content (AvgIpc) is 2.38. The summed E-state index contributed by atoms with van der Waals surface area (Å²) in [4.78, 5) is 12.0. The van der Waals surface area contributed by atoms with Gasteiger partial charge in [-0.2, -0.15) is 0 Å². The van der Waals surface area contributed by atoms with Crippen LogP contribution in [0.5, 0.6) is 0 Å². The first-order valence-electron chi connectivity index (χ1n) is 7.58. The lowest BCUT2D eigenvalue weighted by Crippen LogP contribution is -2.47. The van der Waals surface area contributed by atoms with Crippen LogP contribution in [0.15, 0.2) is 0 Å². The van der Waals surface area contributed by atoms with Gasteiger partial charge in [0.15, 0.2) is 0 Å². The quantitative estimate of drug-likeness (QED) is 0.838. The summed E-state index contributed by atoms with van der Waals surface area (Å²) >= 11 is 0. The van der Waals surface area contributed by atoms with Crippen LogP contribution in [0.2, 0.25) is 0 Å². The lowest BCUT2D eigenvalue weighted by Gasteiger charge is -2.34. The predicted molar refractivity (Wildman–Crippen MR) is 81.6 cm³/mol. The lowest BCUT2D eigenvalue weighted by molar-refractivity contribution is -0.123. The average molecular weight is 289 g/mol. The van der Waals surface area contributed by atoms with Crippen molar-refractivity contribution in [3.05, 3.63) is 0 Å². The van der Waals surface area contributed by atoms with Crippen molar-refractivity contribution in [2.75, 3.05) is 13.1 Å². The number of piperidine rings is 1. The summed E-state index contributed by atoms with van der Waals surface area (Å²) in [6.07, 6.45) is 8.54. The third-order valence-corrected chi connectivity index (χ3v) is 4.65. The highest BCUT2D eigenvalue weighted by Gasteiger charge is 2.27. The zero-order chi connectivity index (χ0) is 13.0. The zero-order valence-electron chi connectivity index (χ0n) is 12.3. The standard InChI is InChI=1S/C15H28N2O.ClH/c1-15(2)8-6-12(7-9-15)11-17-14(18)13-5-3-4-10-16-13;/h12-13,16H,3-11H2,1-2H3,(H,17,18);1H/t13-;/m1./s1. The van der Waals surface area contributed by atoms with Gasteiger partial charge in [0.25, 0.3) is 0 Å². The number of carbonyl (C=O) groups is 1. The third-order valence-electron chi connectivity index (χ3n) is 4.65. The van der Waals surface area contributed by atoms with E-state index < -0.39 is 0 Å². The molecule has 2 aliphatic rings. The van der Waals surface area contributed by atoms with Crippen LogP contribution < -0.4 is 10.6 Å². The van der Waals surface area contributed by atoms with Gasteiger partial charge in [0.05, 0.1) is 6.04 Å². The van der Waals surface area contributed by atoms with Gasteiger partial charge in [-0.3, -0.25) is 4.79 Å². The van der Waals surface area contributed by atoms with Gasteiger partial charge in [0, 0.05) is 6.54 Å². The number of nitrogens with one attached hydrogen (secondary N) is 2. The second-order valence-electron chi connectivity index (χ2n) is 6.86. The fraction of sp³-hybridized carbons (Fsp3) is 0.933. The van der Waals surface area contributed by atoms with Crippen LogP contribution in [-0.2, 0) is 4.79 Å². The van der Waals surface area contributed by atoms with Crippen LogP contribution in [0.4, 0.5) is 0 Å². The third kappa shape index (κ3) is 5.31. The van der Waals surface area contributed by atoms with Gasteiger partial charge in [-0.1, -0.05) is 20.3 Å². The molecule has 1 saturated heterocycles. The van der Waals surface area contributed by atoms with Crippen LogP contribution in [0.1, 0.15) is 58.8 Å². The van der Waals surface area contributed by atoms with Crippen molar-refractivity contribution in [2.45, 2.75) is 64.8 Å². The summed E-state index contributed by atoms with van der Waals surface area (Å²) in [7, 11) is 0. The van der Waals surface area contributed by atoms with Crippen molar-refractivity contribution >= 4 is 18.3 Å². The molecule has 1 aliphatic carbocycles. The van der Waals surface area contributed by atoms with E-state index in [0.29, 0.717) is 11.3 Å². The Kier molecular flexibility index (Phi) is 6.61. The van der Waals surface area contributed by atoms with Crippen LogP contribution in [-0.4, -0.2) is 25.0 Å². The molecule has 0 radical (unpaired) electrons. The van der Waals surface area contributed by atoms with Crippen molar-refractivity contribution < 1.29 is 4.79 Å². The Bertz CT molecular complexity index is 278. The smallest absolute Gasteiger partial charge is 0.237 e.